The van der Waals surface area contributed by atoms with Crippen LogP contribution in [0.5, 0.6) is 0 Å². The van der Waals surface area contributed by atoms with Gasteiger partial charge in [-0.05, 0) is 31.9 Å². The molecule has 1 unspecified atom stereocenters. The molecule has 0 aliphatic heterocycles. The van der Waals surface area contributed by atoms with Gasteiger partial charge >= 0.3 is 6.18 Å². The molecule has 1 aromatic heterocycles. The predicted molar refractivity (Wildman–Crippen MR) is 65.6 cm³/mol. The quantitative estimate of drug-likeness (QED) is 0.862. The van der Waals surface area contributed by atoms with Crippen LogP contribution in [0.15, 0.2) is 18.2 Å². The van der Waals surface area contributed by atoms with Crippen molar-refractivity contribution in [3.63, 3.8) is 0 Å². The topological polar surface area (TPSA) is 43.8 Å². The van der Waals surface area contributed by atoms with Crippen LogP contribution in [0.1, 0.15) is 31.6 Å². The summed E-state index contributed by atoms with van der Waals surface area (Å²) in [6.07, 6.45) is -3.06. The number of halogens is 4. The molecule has 0 amide bonds. The largest absolute Gasteiger partial charge is 0.413 e. The van der Waals surface area contributed by atoms with E-state index < -0.39 is 17.5 Å². The number of imidazole rings is 1. The average molecular weight is 287 g/mol. The minimum absolute atomic E-state index is 0.0364. The van der Waals surface area contributed by atoms with Gasteiger partial charge in [0.2, 0.25) is 0 Å². The standard InChI is InChI=1S/C13H13F4N3/c1-12(18,13(15,16)17)11-19-9-6-7(14)2-5-10(9)20(11)8-3-4-8/h2,5-6,8H,3-4,18H2,1H3. The minimum atomic E-state index is -4.63. The molecular formula is C13H13F4N3. The summed E-state index contributed by atoms with van der Waals surface area (Å²) in [6.45, 7) is 0.892. The van der Waals surface area contributed by atoms with Crippen molar-refractivity contribution < 1.29 is 17.6 Å². The molecule has 0 spiro atoms. The van der Waals surface area contributed by atoms with E-state index in [0.29, 0.717) is 5.52 Å². The van der Waals surface area contributed by atoms with Gasteiger partial charge in [-0.2, -0.15) is 13.2 Å². The Labute approximate surface area is 112 Å². The van der Waals surface area contributed by atoms with Crippen LogP contribution in [0.4, 0.5) is 17.6 Å². The van der Waals surface area contributed by atoms with Gasteiger partial charge in [0.25, 0.3) is 0 Å². The third-order valence-electron chi connectivity index (χ3n) is 3.62. The molecule has 1 aromatic carbocycles. The van der Waals surface area contributed by atoms with E-state index >= 15 is 0 Å². The SMILES string of the molecule is CC(N)(c1nc2cc(F)ccc2n1C1CC1)C(F)(F)F. The normalized spacial score (nSPS) is 19.3. The number of benzene rings is 1. The maximum atomic E-state index is 13.2. The van der Waals surface area contributed by atoms with E-state index in [1.54, 1.807) is 0 Å². The molecule has 1 aliphatic rings. The van der Waals surface area contributed by atoms with Crippen molar-refractivity contribution in [2.75, 3.05) is 0 Å². The Bertz CT molecular complexity index is 668. The van der Waals surface area contributed by atoms with Gasteiger partial charge in [0.05, 0.1) is 11.0 Å². The highest BCUT2D eigenvalue weighted by Gasteiger charge is 2.53. The molecule has 2 aromatic rings. The molecule has 1 fully saturated rings. The summed E-state index contributed by atoms with van der Waals surface area (Å²) in [5.41, 5.74) is 3.61. The second kappa shape index (κ2) is 3.94. The lowest BCUT2D eigenvalue weighted by molar-refractivity contribution is -0.186. The van der Waals surface area contributed by atoms with Crippen molar-refractivity contribution in [1.82, 2.24) is 9.55 Å². The van der Waals surface area contributed by atoms with Crippen molar-refractivity contribution in [2.45, 2.75) is 37.5 Å². The summed E-state index contributed by atoms with van der Waals surface area (Å²) in [6, 6.07) is 3.76. The molecule has 1 saturated carbocycles. The number of hydrogen-bond donors (Lipinski definition) is 1. The Balaban J connectivity index is 2.27. The molecule has 1 aliphatic carbocycles. The fraction of sp³-hybridized carbons (Fsp3) is 0.462. The van der Waals surface area contributed by atoms with Crippen molar-refractivity contribution in [2.24, 2.45) is 5.73 Å². The second-order valence-corrected chi connectivity index (χ2v) is 5.37. The third kappa shape index (κ3) is 1.88. The highest BCUT2D eigenvalue weighted by molar-refractivity contribution is 5.76. The molecule has 3 rings (SSSR count). The summed E-state index contributed by atoms with van der Waals surface area (Å²) in [5, 5.41) is 0. The first-order valence-corrected chi connectivity index (χ1v) is 6.25. The lowest BCUT2D eigenvalue weighted by Gasteiger charge is -2.27. The van der Waals surface area contributed by atoms with E-state index in [1.165, 1.54) is 16.7 Å². The van der Waals surface area contributed by atoms with Crippen LogP contribution < -0.4 is 5.73 Å². The van der Waals surface area contributed by atoms with E-state index in [4.69, 9.17) is 5.73 Å². The number of alkyl halides is 3. The molecule has 7 heteroatoms. The Kier molecular flexibility index (Phi) is 2.63. The van der Waals surface area contributed by atoms with Crippen LogP contribution in [-0.4, -0.2) is 15.7 Å². The first-order valence-electron chi connectivity index (χ1n) is 6.25. The summed E-state index contributed by atoms with van der Waals surface area (Å²) in [7, 11) is 0. The Morgan fingerprint density at radius 2 is 1.95 bits per heavy atom. The lowest BCUT2D eigenvalue weighted by atomic mass is 10.0. The molecule has 1 heterocycles. The van der Waals surface area contributed by atoms with Gasteiger partial charge < -0.3 is 10.3 Å². The zero-order valence-electron chi connectivity index (χ0n) is 10.7. The first-order chi connectivity index (χ1) is 9.22. The van der Waals surface area contributed by atoms with Gasteiger partial charge in [0.15, 0.2) is 5.54 Å². The molecule has 0 bridgehead atoms. The van der Waals surface area contributed by atoms with E-state index in [0.717, 1.165) is 25.8 Å². The van der Waals surface area contributed by atoms with Crippen LogP contribution in [0.2, 0.25) is 0 Å². The van der Waals surface area contributed by atoms with Gasteiger partial charge in [-0.1, -0.05) is 0 Å². The van der Waals surface area contributed by atoms with Crippen LogP contribution >= 0.6 is 0 Å². The van der Waals surface area contributed by atoms with Crippen LogP contribution in [0, 0.1) is 5.82 Å². The van der Waals surface area contributed by atoms with Gasteiger partial charge in [0, 0.05) is 12.1 Å². The Morgan fingerprint density at radius 1 is 1.30 bits per heavy atom. The highest BCUT2D eigenvalue weighted by atomic mass is 19.4. The van der Waals surface area contributed by atoms with Crippen molar-refractivity contribution in [3.05, 3.63) is 29.8 Å². The number of nitrogens with zero attached hydrogens (tertiary/aromatic N) is 2. The van der Waals surface area contributed by atoms with Gasteiger partial charge in [0.1, 0.15) is 11.6 Å². The van der Waals surface area contributed by atoms with Crippen LogP contribution in [-0.2, 0) is 5.54 Å². The number of fused-ring (bicyclic) bond motifs is 1. The molecular weight excluding hydrogens is 274 g/mol. The Hall–Kier alpha value is -1.63. The Morgan fingerprint density at radius 3 is 2.50 bits per heavy atom. The van der Waals surface area contributed by atoms with Crippen molar-refractivity contribution in [3.8, 4) is 0 Å². The predicted octanol–water partition coefficient (Wildman–Crippen LogP) is 3.25. The number of nitrogens with two attached hydrogens (primary N) is 1. The lowest BCUT2D eigenvalue weighted by Crippen LogP contribution is -2.49. The van der Waals surface area contributed by atoms with Gasteiger partial charge in [-0.25, -0.2) is 9.37 Å². The minimum Gasteiger partial charge on any atom is -0.323 e. The second-order valence-electron chi connectivity index (χ2n) is 5.37. The van der Waals surface area contributed by atoms with Crippen LogP contribution in [0.25, 0.3) is 11.0 Å². The average Bonchev–Trinajstić information content (AvgIpc) is 3.08. The molecule has 3 nitrogen and oxygen atoms in total. The number of rotatable bonds is 2. The fourth-order valence-corrected chi connectivity index (χ4v) is 2.27. The monoisotopic (exact) mass is 287 g/mol. The molecule has 0 saturated heterocycles. The molecule has 1 atom stereocenters. The number of hydrogen-bond acceptors (Lipinski definition) is 2. The highest BCUT2D eigenvalue weighted by Crippen LogP contribution is 2.44. The summed E-state index contributed by atoms with van der Waals surface area (Å²) < 4.78 is 54.1. The summed E-state index contributed by atoms with van der Waals surface area (Å²) in [5.74, 6) is -0.789. The first kappa shape index (κ1) is 13.4. The number of aromatic nitrogens is 2. The van der Waals surface area contributed by atoms with Crippen molar-refractivity contribution in [1.29, 1.82) is 0 Å². The van der Waals surface area contributed by atoms with E-state index in [9.17, 15) is 17.6 Å². The van der Waals surface area contributed by atoms with Gasteiger partial charge in [-0.3, -0.25) is 0 Å². The smallest absolute Gasteiger partial charge is 0.323 e. The molecule has 0 radical (unpaired) electrons. The maximum Gasteiger partial charge on any atom is 0.413 e. The fourth-order valence-electron chi connectivity index (χ4n) is 2.27. The van der Waals surface area contributed by atoms with Gasteiger partial charge in [-0.15, -0.1) is 0 Å². The summed E-state index contributed by atoms with van der Waals surface area (Å²) in [4.78, 5) is 3.95. The summed E-state index contributed by atoms with van der Waals surface area (Å²) >= 11 is 0. The van der Waals surface area contributed by atoms with E-state index in [-0.39, 0.29) is 17.4 Å². The maximum absolute atomic E-state index is 13.2. The van der Waals surface area contributed by atoms with E-state index in [1.807, 2.05) is 0 Å². The van der Waals surface area contributed by atoms with E-state index in [2.05, 4.69) is 4.98 Å². The van der Waals surface area contributed by atoms with Crippen molar-refractivity contribution >= 4 is 11.0 Å². The zero-order chi connectivity index (χ0) is 14.7. The molecule has 20 heavy (non-hydrogen) atoms. The molecule has 2 N–H and O–H groups in total. The van der Waals surface area contributed by atoms with Crippen LogP contribution in [0.3, 0.4) is 0 Å². The zero-order valence-corrected chi connectivity index (χ0v) is 10.7. The molecule has 108 valence electrons. The third-order valence-corrected chi connectivity index (χ3v) is 3.62.